The molecule has 6 nitrogen and oxygen atoms in total. The third-order valence-electron chi connectivity index (χ3n) is 5.47. The zero-order chi connectivity index (χ0) is 20.0. The lowest BCUT2D eigenvalue weighted by Gasteiger charge is -2.31. The van der Waals surface area contributed by atoms with Crippen molar-refractivity contribution in [2.75, 3.05) is 0 Å². The van der Waals surface area contributed by atoms with Gasteiger partial charge in [0.15, 0.2) is 0 Å². The zero-order valence-electron chi connectivity index (χ0n) is 16.3. The molecule has 29 heavy (non-hydrogen) atoms. The van der Waals surface area contributed by atoms with Crippen LogP contribution in [0.5, 0.6) is 0 Å². The second-order valence-corrected chi connectivity index (χ2v) is 8.49. The molecule has 2 aliphatic rings. The van der Waals surface area contributed by atoms with Crippen molar-refractivity contribution < 1.29 is 9.21 Å². The first-order valence-electron chi connectivity index (χ1n) is 9.68. The largest absolute Gasteiger partial charge is 0.441 e. The van der Waals surface area contributed by atoms with Crippen LogP contribution in [0.4, 0.5) is 0 Å². The molecule has 3 aromatic rings. The summed E-state index contributed by atoms with van der Waals surface area (Å²) in [5, 5.41) is 3.99. The van der Waals surface area contributed by atoms with Crippen LogP contribution in [0.3, 0.4) is 0 Å². The number of hydrogen-bond acceptors (Lipinski definition) is 6. The van der Waals surface area contributed by atoms with Crippen LogP contribution >= 0.6 is 11.3 Å². The number of fused-ring (bicyclic) bond motifs is 1. The van der Waals surface area contributed by atoms with Gasteiger partial charge in [-0.1, -0.05) is 23.8 Å². The molecule has 2 atom stereocenters. The number of aromatic nitrogens is 1. The Morgan fingerprint density at radius 3 is 2.79 bits per heavy atom. The molecule has 0 bridgehead atoms. The first kappa shape index (κ1) is 18.1. The minimum absolute atomic E-state index is 0.0818. The highest BCUT2D eigenvalue weighted by molar-refractivity contribution is 7.10. The molecule has 0 saturated carbocycles. The fraction of sp³-hybridized carbons (Fsp3) is 0.273. The van der Waals surface area contributed by atoms with Gasteiger partial charge < -0.3 is 14.3 Å². The van der Waals surface area contributed by atoms with E-state index in [2.05, 4.69) is 28.8 Å². The van der Waals surface area contributed by atoms with Crippen molar-refractivity contribution in [1.82, 2.24) is 20.3 Å². The number of rotatable bonds is 4. The highest BCUT2D eigenvalue weighted by atomic mass is 32.1. The highest BCUT2D eigenvalue weighted by Gasteiger charge is 2.40. The first-order valence-corrected chi connectivity index (χ1v) is 10.6. The molecule has 1 aromatic carbocycles. The number of oxazole rings is 1. The second kappa shape index (κ2) is 7.17. The predicted octanol–water partition coefficient (Wildman–Crippen LogP) is 4.15. The van der Waals surface area contributed by atoms with E-state index in [-0.39, 0.29) is 18.0 Å². The van der Waals surface area contributed by atoms with E-state index in [9.17, 15) is 4.79 Å². The number of thiophene rings is 1. The molecule has 2 aromatic heterocycles. The van der Waals surface area contributed by atoms with Gasteiger partial charge in [-0.05, 0) is 37.4 Å². The van der Waals surface area contributed by atoms with Gasteiger partial charge in [0, 0.05) is 29.3 Å². The van der Waals surface area contributed by atoms with Crippen molar-refractivity contribution in [3.8, 4) is 11.5 Å². The van der Waals surface area contributed by atoms with Crippen LogP contribution in [-0.4, -0.2) is 26.8 Å². The van der Waals surface area contributed by atoms with Gasteiger partial charge in [-0.3, -0.25) is 4.79 Å². The van der Waals surface area contributed by atoms with Gasteiger partial charge in [0.25, 0.3) is 5.91 Å². The standard InChI is InChI=1S/C22H22N4O2S/c1-14-5-7-16(8-6-14)21-23-18(15(2)28-21)13-25-9-10-26-19(22(25)27)12-17(24-26)20-4-3-11-29-20/h3-11,17,19,24H,12-13H2,1-2H3. The Labute approximate surface area is 173 Å². The number of nitrogens with one attached hydrogen (secondary N) is 1. The third-order valence-corrected chi connectivity index (χ3v) is 6.46. The van der Waals surface area contributed by atoms with Gasteiger partial charge in [-0.2, -0.15) is 0 Å². The average Bonchev–Trinajstić information content (AvgIpc) is 3.45. The fourth-order valence-electron chi connectivity index (χ4n) is 3.80. The van der Waals surface area contributed by atoms with Crippen LogP contribution in [-0.2, 0) is 11.3 Å². The van der Waals surface area contributed by atoms with Gasteiger partial charge in [0.1, 0.15) is 17.5 Å². The van der Waals surface area contributed by atoms with Gasteiger partial charge in [-0.25, -0.2) is 10.4 Å². The number of carbonyl (C=O) groups excluding carboxylic acids is 1. The maximum Gasteiger partial charge on any atom is 0.251 e. The molecule has 2 unspecified atom stereocenters. The minimum atomic E-state index is -0.198. The molecule has 1 N–H and O–H groups in total. The van der Waals surface area contributed by atoms with E-state index in [1.165, 1.54) is 10.4 Å². The van der Waals surface area contributed by atoms with Crippen molar-refractivity contribution in [3.63, 3.8) is 0 Å². The molecule has 148 valence electrons. The molecule has 7 heteroatoms. The Hall–Kier alpha value is -2.90. The van der Waals surface area contributed by atoms with Crippen LogP contribution in [0.1, 0.15) is 34.4 Å². The molecule has 0 spiro atoms. The number of nitrogens with zero attached hydrogens (tertiary/aromatic N) is 3. The summed E-state index contributed by atoms with van der Waals surface area (Å²) in [5.41, 5.74) is 6.34. The van der Waals surface area contributed by atoms with E-state index in [4.69, 9.17) is 4.42 Å². The lowest BCUT2D eigenvalue weighted by molar-refractivity contribution is -0.135. The SMILES string of the molecule is Cc1ccc(-c2nc(CN3C=CN4NC(c5cccs5)CC4C3=O)c(C)o2)cc1. The summed E-state index contributed by atoms with van der Waals surface area (Å²) >= 11 is 1.71. The van der Waals surface area contributed by atoms with Gasteiger partial charge in [0.05, 0.1) is 12.6 Å². The van der Waals surface area contributed by atoms with Gasteiger partial charge >= 0.3 is 0 Å². The molecular weight excluding hydrogens is 384 g/mol. The zero-order valence-corrected chi connectivity index (χ0v) is 17.1. The van der Waals surface area contributed by atoms with E-state index in [0.29, 0.717) is 12.4 Å². The predicted molar refractivity (Wildman–Crippen MR) is 112 cm³/mol. The van der Waals surface area contributed by atoms with Gasteiger partial charge in [0.2, 0.25) is 5.89 Å². The van der Waals surface area contributed by atoms with E-state index in [1.807, 2.05) is 54.7 Å². The fourth-order valence-corrected chi connectivity index (χ4v) is 4.58. The maximum atomic E-state index is 13.1. The monoisotopic (exact) mass is 406 g/mol. The average molecular weight is 407 g/mol. The Bertz CT molecular complexity index is 1060. The minimum Gasteiger partial charge on any atom is -0.441 e. The van der Waals surface area contributed by atoms with Crippen LogP contribution in [0.25, 0.3) is 11.5 Å². The summed E-state index contributed by atoms with van der Waals surface area (Å²) in [6, 6.07) is 12.2. The number of amides is 1. The van der Waals surface area contributed by atoms with E-state index in [1.54, 1.807) is 16.2 Å². The number of aryl methyl sites for hydroxylation is 2. The van der Waals surface area contributed by atoms with Crippen LogP contribution < -0.4 is 5.43 Å². The second-order valence-electron chi connectivity index (χ2n) is 7.51. The van der Waals surface area contributed by atoms with Crippen LogP contribution in [0.15, 0.2) is 58.6 Å². The molecule has 4 heterocycles. The lowest BCUT2D eigenvalue weighted by Crippen LogP contribution is -2.47. The molecular formula is C22H22N4O2S. The first-order chi connectivity index (χ1) is 14.1. The normalized spacial score (nSPS) is 21.1. The Kier molecular flexibility index (Phi) is 4.49. The van der Waals surface area contributed by atoms with Crippen LogP contribution in [0.2, 0.25) is 0 Å². The van der Waals surface area contributed by atoms with Crippen molar-refractivity contribution in [2.24, 2.45) is 0 Å². The molecule has 1 amide bonds. The van der Waals surface area contributed by atoms with Crippen molar-refractivity contribution in [1.29, 1.82) is 0 Å². The maximum absolute atomic E-state index is 13.1. The van der Waals surface area contributed by atoms with Crippen LogP contribution in [0, 0.1) is 13.8 Å². The Morgan fingerprint density at radius 1 is 1.21 bits per heavy atom. The molecule has 0 aliphatic carbocycles. The summed E-state index contributed by atoms with van der Waals surface area (Å²) < 4.78 is 5.88. The van der Waals surface area contributed by atoms with Gasteiger partial charge in [-0.15, -0.1) is 11.3 Å². The summed E-state index contributed by atoms with van der Waals surface area (Å²) in [5.74, 6) is 1.41. The highest BCUT2D eigenvalue weighted by Crippen LogP contribution is 2.33. The van der Waals surface area contributed by atoms with Crippen molar-refractivity contribution >= 4 is 17.2 Å². The molecule has 1 fully saturated rings. The van der Waals surface area contributed by atoms with E-state index >= 15 is 0 Å². The number of carbonyl (C=O) groups is 1. The quantitative estimate of drug-likeness (QED) is 0.705. The molecule has 5 rings (SSSR count). The molecule has 1 saturated heterocycles. The lowest BCUT2D eigenvalue weighted by atomic mass is 10.1. The Morgan fingerprint density at radius 2 is 2.03 bits per heavy atom. The van der Waals surface area contributed by atoms with E-state index < -0.39 is 0 Å². The summed E-state index contributed by atoms with van der Waals surface area (Å²) in [6.45, 7) is 4.35. The summed E-state index contributed by atoms with van der Waals surface area (Å²) in [4.78, 5) is 20.7. The van der Waals surface area contributed by atoms with Crippen molar-refractivity contribution in [2.45, 2.75) is 38.9 Å². The number of hydrogen-bond donors (Lipinski definition) is 1. The number of hydrazine groups is 1. The smallest absolute Gasteiger partial charge is 0.251 e. The summed E-state index contributed by atoms with van der Waals surface area (Å²) in [6.07, 6.45) is 4.52. The topological polar surface area (TPSA) is 61.6 Å². The number of benzene rings is 1. The Balaban J connectivity index is 1.32. The van der Waals surface area contributed by atoms with E-state index in [0.717, 1.165) is 23.4 Å². The summed E-state index contributed by atoms with van der Waals surface area (Å²) in [7, 11) is 0. The third kappa shape index (κ3) is 3.36. The molecule has 2 aliphatic heterocycles. The van der Waals surface area contributed by atoms with Crippen molar-refractivity contribution in [3.05, 3.63) is 76.1 Å². The molecule has 0 radical (unpaired) electrons.